The molecule has 1 rings (SSSR count). The molecule has 45 valence electrons. The Morgan fingerprint density at radius 2 is 1.44 bits per heavy atom. The van der Waals surface area contributed by atoms with E-state index in [1.54, 1.807) is 0 Å². The predicted octanol–water partition coefficient (Wildman–Crippen LogP) is 0.499. The SMILES string of the molecule is [K].[OH-].[SH2+]c1ccccc1. The molecular formula is C6H8KOS. The van der Waals surface area contributed by atoms with Gasteiger partial charge in [-0.25, -0.2) is 0 Å². The van der Waals surface area contributed by atoms with Crippen LogP contribution in [0.2, 0.25) is 0 Å². The van der Waals surface area contributed by atoms with E-state index in [9.17, 15) is 0 Å². The summed E-state index contributed by atoms with van der Waals surface area (Å²) in [5.41, 5.74) is 0. The van der Waals surface area contributed by atoms with E-state index < -0.39 is 0 Å². The summed E-state index contributed by atoms with van der Waals surface area (Å²) in [7, 11) is 0. The topological polar surface area (TPSA) is 30.0 Å². The number of rotatable bonds is 0. The van der Waals surface area contributed by atoms with Gasteiger partial charge >= 0.3 is 0 Å². The molecule has 1 N–H and O–H groups in total. The maximum absolute atomic E-state index is 3.36. The van der Waals surface area contributed by atoms with Gasteiger partial charge in [0.15, 0.2) is 0 Å². The first-order valence-corrected chi connectivity index (χ1v) is 2.66. The van der Waals surface area contributed by atoms with Crippen LogP contribution >= 0.6 is 0 Å². The van der Waals surface area contributed by atoms with Gasteiger partial charge in [0, 0.05) is 51.4 Å². The largest absolute Gasteiger partial charge is 0.870 e. The zero-order valence-corrected chi connectivity index (χ0v) is 9.46. The van der Waals surface area contributed by atoms with Crippen LogP contribution in [0.25, 0.3) is 0 Å². The van der Waals surface area contributed by atoms with Crippen LogP contribution in [-0.2, 0) is 12.6 Å². The molecule has 0 bridgehead atoms. The molecule has 0 unspecified atom stereocenters. The van der Waals surface area contributed by atoms with Crippen LogP contribution in [0.3, 0.4) is 0 Å². The second-order valence-electron chi connectivity index (χ2n) is 1.37. The van der Waals surface area contributed by atoms with Crippen molar-refractivity contribution < 1.29 is 5.48 Å². The van der Waals surface area contributed by atoms with Crippen LogP contribution in [0.1, 0.15) is 0 Å². The summed E-state index contributed by atoms with van der Waals surface area (Å²) in [5, 5.41) is 0. The van der Waals surface area contributed by atoms with E-state index in [1.807, 2.05) is 30.3 Å². The minimum Gasteiger partial charge on any atom is -0.870 e. The fourth-order valence-corrected chi connectivity index (χ4v) is 0.631. The number of hydrogen-bond acceptors (Lipinski definition) is 1. The normalized spacial score (nSPS) is 6.78. The number of hydrogen-bond donors (Lipinski definition) is 0. The van der Waals surface area contributed by atoms with Gasteiger partial charge < -0.3 is 5.48 Å². The van der Waals surface area contributed by atoms with Crippen molar-refractivity contribution in [2.24, 2.45) is 0 Å². The molecule has 0 fully saturated rings. The summed E-state index contributed by atoms with van der Waals surface area (Å²) in [6, 6.07) is 9.96. The average molecular weight is 167 g/mol. The third-order valence-corrected chi connectivity index (χ3v) is 1.11. The second-order valence-corrected chi connectivity index (χ2v) is 1.94. The van der Waals surface area contributed by atoms with Crippen LogP contribution in [0.5, 0.6) is 0 Å². The number of benzene rings is 1. The maximum atomic E-state index is 3.36. The molecule has 0 atom stereocenters. The fourth-order valence-electron chi connectivity index (χ4n) is 0.438. The van der Waals surface area contributed by atoms with Gasteiger partial charge in [-0.15, -0.1) is 0 Å². The van der Waals surface area contributed by atoms with Crippen LogP contribution in [0.15, 0.2) is 35.2 Å². The first kappa shape index (κ1) is 12.8. The molecule has 1 aromatic rings. The van der Waals surface area contributed by atoms with Gasteiger partial charge in [-0.1, -0.05) is 18.2 Å². The summed E-state index contributed by atoms with van der Waals surface area (Å²) < 4.78 is 0. The minimum atomic E-state index is 0. The van der Waals surface area contributed by atoms with E-state index in [0.29, 0.717) is 0 Å². The molecule has 0 saturated carbocycles. The van der Waals surface area contributed by atoms with Crippen molar-refractivity contribution >= 4 is 64.0 Å². The Morgan fingerprint density at radius 3 is 1.67 bits per heavy atom. The smallest absolute Gasteiger partial charge is 0.150 e. The van der Waals surface area contributed by atoms with Gasteiger partial charge in [-0.3, -0.25) is 0 Å². The molecule has 0 aliphatic heterocycles. The summed E-state index contributed by atoms with van der Waals surface area (Å²) >= 11 is 3.36. The summed E-state index contributed by atoms with van der Waals surface area (Å²) in [6.07, 6.45) is 0. The molecular weight excluding hydrogens is 159 g/mol. The van der Waals surface area contributed by atoms with E-state index in [4.69, 9.17) is 0 Å². The summed E-state index contributed by atoms with van der Waals surface area (Å²) in [5.74, 6) is 0. The van der Waals surface area contributed by atoms with E-state index in [1.165, 1.54) is 0 Å². The standard InChI is InChI=1S/C6H6S.K.H2O/c7-6-4-2-1-3-5-6;;/h1-5,7H;;1H2. The van der Waals surface area contributed by atoms with Crippen molar-refractivity contribution in [3.63, 3.8) is 0 Å². The maximum Gasteiger partial charge on any atom is 0.150 e. The monoisotopic (exact) mass is 167 g/mol. The molecule has 0 aliphatic rings. The van der Waals surface area contributed by atoms with Crippen molar-refractivity contribution in [2.75, 3.05) is 0 Å². The molecule has 0 aliphatic carbocycles. The Morgan fingerprint density at radius 1 is 1.00 bits per heavy atom. The zero-order chi connectivity index (χ0) is 5.11. The van der Waals surface area contributed by atoms with Gasteiger partial charge in [0.25, 0.3) is 0 Å². The van der Waals surface area contributed by atoms with Gasteiger partial charge in [0.2, 0.25) is 0 Å². The molecule has 1 radical (unpaired) electrons. The molecule has 0 spiro atoms. The molecule has 0 saturated heterocycles. The fraction of sp³-hybridized carbons (Fsp3) is 0. The Hall–Kier alpha value is 1.17. The van der Waals surface area contributed by atoms with Gasteiger partial charge in [0.05, 0.1) is 0 Å². The summed E-state index contributed by atoms with van der Waals surface area (Å²) in [6.45, 7) is 0. The Kier molecular flexibility index (Phi) is 10.4. The van der Waals surface area contributed by atoms with Crippen LogP contribution in [-0.4, -0.2) is 56.9 Å². The molecule has 0 aromatic heterocycles. The van der Waals surface area contributed by atoms with Crippen LogP contribution in [0, 0.1) is 0 Å². The van der Waals surface area contributed by atoms with Crippen molar-refractivity contribution in [3.8, 4) is 0 Å². The quantitative estimate of drug-likeness (QED) is 0.409. The van der Waals surface area contributed by atoms with Gasteiger partial charge in [0.1, 0.15) is 4.90 Å². The van der Waals surface area contributed by atoms with Crippen LogP contribution < -0.4 is 0 Å². The van der Waals surface area contributed by atoms with E-state index in [0.717, 1.165) is 4.90 Å². The van der Waals surface area contributed by atoms with Gasteiger partial charge in [-0.2, -0.15) is 0 Å². The van der Waals surface area contributed by atoms with Gasteiger partial charge in [-0.05, 0) is 24.8 Å². The molecule has 3 heteroatoms. The molecule has 1 aromatic carbocycles. The van der Waals surface area contributed by atoms with E-state index in [-0.39, 0.29) is 56.9 Å². The minimum absolute atomic E-state index is 0. The van der Waals surface area contributed by atoms with E-state index >= 15 is 0 Å². The zero-order valence-electron chi connectivity index (χ0n) is 5.33. The first-order valence-electron chi connectivity index (χ1n) is 2.16. The van der Waals surface area contributed by atoms with Crippen molar-refractivity contribution in [1.82, 2.24) is 0 Å². The van der Waals surface area contributed by atoms with Crippen molar-refractivity contribution in [3.05, 3.63) is 30.3 Å². The second kappa shape index (κ2) is 7.28. The first-order chi connectivity index (χ1) is 3.39. The molecule has 9 heavy (non-hydrogen) atoms. The Balaban J connectivity index is 0. The van der Waals surface area contributed by atoms with Crippen LogP contribution in [0.4, 0.5) is 0 Å². The third-order valence-electron chi connectivity index (χ3n) is 0.774. The Labute approximate surface area is 103 Å². The van der Waals surface area contributed by atoms with Crippen molar-refractivity contribution in [2.45, 2.75) is 4.90 Å². The predicted molar refractivity (Wildman–Crippen MR) is 42.6 cm³/mol. The Bertz CT molecular complexity index is 143. The van der Waals surface area contributed by atoms with E-state index in [2.05, 4.69) is 12.6 Å². The van der Waals surface area contributed by atoms with Crippen molar-refractivity contribution in [1.29, 1.82) is 0 Å². The third kappa shape index (κ3) is 5.60. The molecule has 0 heterocycles. The summed E-state index contributed by atoms with van der Waals surface area (Å²) in [4.78, 5) is 1.13. The molecule has 1 nitrogen and oxygen atoms in total. The molecule has 0 amide bonds. The average Bonchev–Trinajstić information content (AvgIpc) is 1.69.